The Morgan fingerprint density at radius 1 is 1.19 bits per heavy atom. The van der Waals surface area contributed by atoms with Crippen molar-refractivity contribution in [1.82, 2.24) is 10.0 Å². The summed E-state index contributed by atoms with van der Waals surface area (Å²) in [5.41, 5.74) is 0.891. The molecular weight excluding hydrogens is 288 g/mol. The fourth-order valence-electron chi connectivity index (χ4n) is 1.89. The second kappa shape index (κ2) is 9.76. The van der Waals surface area contributed by atoms with Crippen molar-refractivity contribution in [2.45, 2.75) is 32.7 Å². The van der Waals surface area contributed by atoms with Crippen molar-refractivity contribution in [3.05, 3.63) is 29.8 Å². The number of ether oxygens (including phenoxy) is 1. The molecule has 0 radical (unpaired) electrons. The van der Waals surface area contributed by atoms with Crippen LogP contribution in [-0.2, 0) is 16.6 Å². The fraction of sp³-hybridized carbons (Fsp3) is 0.600. The Morgan fingerprint density at radius 2 is 2.00 bits per heavy atom. The van der Waals surface area contributed by atoms with E-state index in [1.165, 1.54) is 0 Å². The number of benzene rings is 1. The second-order valence-corrected chi connectivity index (χ2v) is 6.88. The van der Waals surface area contributed by atoms with Gasteiger partial charge in [-0.3, -0.25) is 0 Å². The molecule has 0 unspecified atom stereocenters. The minimum Gasteiger partial charge on any atom is -0.497 e. The molecule has 0 heterocycles. The highest BCUT2D eigenvalue weighted by molar-refractivity contribution is 7.89. The molecule has 0 aliphatic carbocycles. The SMILES string of the molecule is CCCNCCCCS(=O)(=O)NCc1cccc(OC)c1. The Labute approximate surface area is 128 Å². The summed E-state index contributed by atoms with van der Waals surface area (Å²) in [5, 5.41) is 3.26. The number of methoxy groups -OCH3 is 1. The Hall–Kier alpha value is -1.11. The third kappa shape index (κ3) is 8.04. The second-order valence-electron chi connectivity index (χ2n) is 4.95. The maximum absolute atomic E-state index is 11.9. The number of nitrogens with one attached hydrogen (secondary N) is 2. The van der Waals surface area contributed by atoms with E-state index in [-0.39, 0.29) is 5.75 Å². The lowest BCUT2D eigenvalue weighted by Crippen LogP contribution is -2.26. The van der Waals surface area contributed by atoms with Crippen molar-refractivity contribution in [2.24, 2.45) is 0 Å². The molecule has 1 aromatic rings. The van der Waals surface area contributed by atoms with Crippen molar-refractivity contribution < 1.29 is 13.2 Å². The van der Waals surface area contributed by atoms with E-state index in [2.05, 4.69) is 17.0 Å². The summed E-state index contributed by atoms with van der Waals surface area (Å²) in [5.74, 6) is 0.902. The quantitative estimate of drug-likeness (QED) is 0.612. The Bertz CT molecular complexity index is 503. The molecule has 0 amide bonds. The van der Waals surface area contributed by atoms with E-state index in [1.54, 1.807) is 7.11 Å². The molecule has 1 aromatic carbocycles. The van der Waals surface area contributed by atoms with Crippen LogP contribution in [0.25, 0.3) is 0 Å². The smallest absolute Gasteiger partial charge is 0.211 e. The molecule has 6 heteroatoms. The molecule has 120 valence electrons. The fourth-order valence-corrected chi connectivity index (χ4v) is 3.01. The summed E-state index contributed by atoms with van der Waals surface area (Å²) in [6.45, 7) is 4.27. The molecule has 1 rings (SSSR count). The van der Waals surface area contributed by atoms with Gasteiger partial charge in [-0.05, 0) is 50.0 Å². The largest absolute Gasteiger partial charge is 0.497 e. The number of sulfonamides is 1. The van der Waals surface area contributed by atoms with Gasteiger partial charge < -0.3 is 10.1 Å². The lowest BCUT2D eigenvalue weighted by atomic mass is 10.2. The molecule has 2 N–H and O–H groups in total. The molecule has 0 aliphatic heterocycles. The Balaban J connectivity index is 2.28. The molecule has 0 fully saturated rings. The van der Waals surface area contributed by atoms with Gasteiger partial charge in [0.05, 0.1) is 12.9 Å². The molecule has 0 aliphatic rings. The van der Waals surface area contributed by atoms with Gasteiger partial charge in [-0.25, -0.2) is 13.1 Å². The zero-order valence-corrected chi connectivity index (χ0v) is 13.7. The first kappa shape index (κ1) is 17.9. The molecule has 0 bridgehead atoms. The zero-order chi connectivity index (χ0) is 15.6. The van der Waals surface area contributed by atoms with Crippen molar-refractivity contribution in [1.29, 1.82) is 0 Å². The van der Waals surface area contributed by atoms with E-state index in [0.29, 0.717) is 13.0 Å². The van der Waals surface area contributed by atoms with Crippen LogP contribution >= 0.6 is 0 Å². The van der Waals surface area contributed by atoms with E-state index < -0.39 is 10.0 Å². The Morgan fingerprint density at radius 3 is 2.71 bits per heavy atom. The van der Waals surface area contributed by atoms with E-state index in [9.17, 15) is 8.42 Å². The number of hydrogen-bond donors (Lipinski definition) is 2. The average molecular weight is 314 g/mol. The normalized spacial score (nSPS) is 11.5. The van der Waals surface area contributed by atoms with Gasteiger partial charge in [0.15, 0.2) is 0 Å². The molecule has 0 spiro atoms. The maximum Gasteiger partial charge on any atom is 0.211 e. The molecule has 0 saturated carbocycles. The summed E-state index contributed by atoms with van der Waals surface area (Å²) in [6.07, 6.45) is 2.64. The first-order valence-electron chi connectivity index (χ1n) is 7.38. The van der Waals surface area contributed by atoms with E-state index >= 15 is 0 Å². The van der Waals surface area contributed by atoms with Gasteiger partial charge >= 0.3 is 0 Å². The van der Waals surface area contributed by atoms with E-state index in [4.69, 9.17) is 4.74 Å². The predicted molar refractivity (Wildman–Crippen MR) is 86.0 cm³/mol. The average Bonchev–Trinajstić information content (AvgIpc) is 2.49. The summed E-state index contributed by atoms with van der Waals surface area (Å²) >= 11 is 0. The third-order valence-corrected chi connectivity index (χ3v) is 4.48. The maximum atomic E-state index is 11.9. The molecule has 21 heavy (non-hydrogen) atoms. The van der Waals surface area contributed by atoms with Crippen LogP contribution in [0.4, 0.5) is 0 Å². The van der Waals surface area contributed by atoms with Crippen LogP contribution in [0.5, 0.6) is 5.75 Å². The van der Waals surface area contributed by atoms with Crippen molar-refractivity contribution in [3.63, 3.8) is 0 Å². The van der Waals surface area contributed by atoms with Gasteiger partial charge in [0, 0.05) is 6.54 Å². The first-order valence-corrected chi connectivity index (χ1v) is 9.03. The molecule has 5 nitrogen and oxygen atoms in total. The molecular formula is C15H26N2O3S. The topological polar surface area (TPSA) is 67.4 Å². The van der Waals surface area contributed by atoms with E-state index in [0.717, 1.165) is 37.2 Å². The zero-order valence-electron chi connectivity index (χ0n) is 12.9. The van der Waals surface area contributed by atoms with Crippen LogP contribution in [0.2, 0.25) is 0 Å². The van der Waals surface area contributed by atoms with Crippen LogP contribution < -0.4 is 14.8 Å². The van der Waals surface area contributed by atoms with Crippen LogP contribution in [0.3, 0.4) is 0 Å². The summed E-state index contributed by atoms with van der Waals surface area (Å²) in [6, 6.07) is 7.39. The molecule has 0 saturated heterocycles. The summed E-state index contributed by atoms with van der Waals surface area (Å²) < 4.78 is 31.5. The highest BCUT2D eigenvalue weighted by Crippen LogP contribution is 2.12. The first-order chi connectivity index (χ1) is 10.1. The highest BCUT2D eigenvalue weighted by atomic mass is 32.2. The Kier molecular flexibility index (Phi) is 8.34. The minimum absolute atomic E-state index is 0.171. The highest BCUT2D eigenvalue weighted by Gasteiger charge is 2.09. The van der Waals surface area contributed by atoms with Gasteiger partial charge in [-0.2, -0.15) is 0 Å². The van der Waals surface area contributed by atoms with Gasteiger partial charge in [0.2, 0.25) is 10.0 Å². The van der Waals surface area contributed by atoms with Crippen molar-refractivity contribution in [3.8, 4) is 5.75 Å². The van der Waals surface area contributed by atoms with Crippen LogP contribution in [0.1, 0.15) is 31.7 Å². The molecule has 0 atom stereocenters. The lowest BCUT2D eigenvalue weighted by Gasteiger charge is -2.08. The van der Waals surface area contributed by atoms with Gasteiger partial charge in [0.25, 0.3) is 0 Å². The van der Waals surface area contributed by atoms with Crippen LogP contribution in [0.15, 0.2) is 24.3 Å². The van der Waals surface area contributed by atoms with Crippen LogP contribution in [-0.4, -0.2) is 34.4 Å². The summed E-state index contributed by atoms with van der Waals surface area (Å²) in [4.78, 5) is 0. The molecule has 0 aromatic heterocycles. The van der Waals surface area contributed by atoms with Crippen molar-refractivity contribution >= 4 is 10.0 Å². The van der Waals surface area contributed by atoms with Crippen molar-refractivity contribution in [2.75, 3.05) is 26.0 Å². The standard InChI is InChI=1S/C15H26N2O3S/c1-3-9-16-10-4-5-11-21(18,19)17-13-14-7-6-8-15(12-14)20-2/h6-8,12,16-17H,3-5,9-11,13H2,1-2H3. The minimum atomic E-state index is -3.21. The number of rotatable bonds is 11. The van der Waals surface area contributed by atoms with E-state index in [1.807, 2.05) is 24.3 Å². The summed E-state index contributed by atoms with van der Waals surface area (Å²) in [7, 11) is -1.62. The number of unbranched alkanes of at least 4 members (excludes halogenated alkanes) is 1. The van der Waals surface area contributed by atoms with Gasteiger partial charge in [-0.1, -0.05) is 19.1 Å². The van der Waals surface area contributed by atoms with Gasteiger partial charge in [0.1, 0.15) is 5.75 Å². The number of hydrogen-bond acceptors (Lipinski definition) is 4. The monoisotopic (exact) mass is 314 g/mol. The van der Waals surface area contributed by atoms with Crippen LogP contribution in [0, 0.1) is 0 Å². The predicted octanol–water partition coefficient (Wildman–Crippen LogP) is 1.89. The third-order valence-electron chi connectivity index (χ3n) is 3.07. The lowest BCUT2D eigenvalue weighted by molar-refractivity contribution is 0.414. The van der Waals surface area contributed by atoms with Gasteiger partial charge in [-0.15, -0.1) is 0 Å².